The molecule has 0 aliphatic heterocycles. The smallest absolute Gasteiger partial charge is 0.244 e. The number of rotatable bonds is 4. The van der Waals surface area contributed by atoms with Gasteiger partial charge in [-0.15, -0.1) is 0 Å². The first-order valence-electron chi connectivity index (χ1n) is 7.90. The van der Waals surface area contributed by atoms with E-state index in [4.69, 9.17) is 4.74 Å². The third kappa shape index (κ3) is 5.62. The summed E-state index contributed by atoms with van der Waals surface area (Å²) in [7, 11) is 1.65. The van der Waals surface area contributed by atoms with E-state index in [1.165, 1.54) is 32.1 Å². The Kier molecular flexibility index (Phi) is 6.32. The van der Waals surface area contributed by atoms with Gasteiger partial charge < -0.3 is 10.1 Å². The van der Waals surface area contributed by atoms with Crippen LogP contribution in [0.25, 0.3) is 6.08 Å². The second-order valence-corrected chi connectivity index (χ2v) is 5.66. The summed E-state index contributed by atoms with van der Waals surface area (Å²) in [5.41, 5.74) is 1.00. The lowest BCUT2D eigenvalue weighted by Gasteiger charge is -2.20. The van der Waals surface area contributed by atoms with Crippen molar-refractivity contribution in [2.24, 2.45) is 0 Å². The van der Waals surface area contributed by atoms with Crippen molar-refractivity contribution < 1.29 is 9.53 Å². The maximum absolute atomic E-state index is 12.0. The molecule has 0 unspecified atom stereocenters. The molecule has 114 valence electrons. The molecule has 1 saturated carbocycles. The summed E-state index contributed by atoms with van der Waals surface area (Å²) in [6, 6.07) is 8.02. The van der Waals surface area contributed by atoms with Crippen molar-refractivity contribution >= 4 is 12.0 Å². The lowest BCUT2D eigenvalue weighted by atomic mass is 9.97. The Morgan fingerprint density at radius 3 is 2.33 bits per heavy atom. The van der Waals surface area contributed by atoms with E-state index in [9.17, 15) is 4.79 Å². The van der Waals surface area contributed by atoms with Crippen LogP contribution < -0.4 is 10.1 Å². The van der Waals surface area contributed by atoms with Crippen LogP contribution in [-0.4, -0.2) is 19.1 Å². The molecule has 3 heteroatoms. The molecule has 0 bridgehead atoms. The molecular formula is C18H25NO2. The molecule has 1 N–H and O–H groups in total. The number of hydrogen-bond acceptors (Lipinski definition) is 2. The Hall–Kier alpha value is -1.77. The molecule has 1 amide bonds. The van der Waals surface area contributed by atoms with Crippen LogP contribution in [0.4, 0.5) is 0 Å². The van der Waals surface area contributed by atoms with Gasteiger partial charge in [-0.3, -0.25) is 4.79 Å². The van der Waals surface area contributed by atoms with Crippen molar-refractivity contribution in [1.29, 1.82) is 0 Å². The Bertz CT molecular complexity index is 457. The largest absolute Gasteiger partial charge is 0.497 e. The molecule has 0 heterocycles. The summed E-state index contributed by atoms with van der Waals surface area (Å²) in [5, 5.41) is 3.13. The SMILES string of the molecule is COc1ccc(C=CC(=O)NC2CCCCCCC2)cc1. The highest BCUT2D eigenvalue weighted by molar-refractivity contribution is 5.91. The molecular weight excluding hydrogens is 262 g/mol. The first-order valence-corrected chi connectivity index (χ1v) is 7.90. The molecule has 1 fully saturated rings. The Labute approximate surface area is 127 Å². The van der Waals surface area contributed by atoms with E-state index >= 15 is 0 Å². The normalized spacial score (nSPS) is 17.2. The Morgan fingerprint density at radius 2 is 1.71 bits per heavy atom. The monoisotopic (exact) mass is 287 g/mol. The maximum Gasteiger partial charge on any atom is 0.244 e. The van der Waals surface area contributed by atoms with Crippen molar-refractivity contribution in [1.82, 2.24) is 5.32 Å². The molecule has 21 heavy (non-hydrogen) atoms. The van der Waals surface area contributed by atoms with Gasteiger partial charge in [0, 0.05) is 12.1 Å². The predicted octanol–water partition coefficient (Wildman–Crippen LogP) is 3.94. The minimum absolute atomic E-state index is 0.0105. The number of nitrogens with one attached hydrogen (secondary N) is 1. The van der Waals surface area contributed by atoms with E-state index < -0.39 is 0 Å². The van der Waals surface area contributed by atoms with Crippen LogP contribution in [0.15, 0.2) is 30.3 Å². The minimum Gasteiger partial charge on any atom is -0.497 e. The zero-order valence-electron chi connectivity index (χ0n) is 12.8. The van der Waals surface area contributed by atoms with E-state index in [1.54, 1.807) is 13.2 Å². The lowest BCUT2D eigenvalue weighted by molar-refractivity contribution is -0.117. The van der Waals surface area contributed by atoms with E-state index in [1.807, 2.05) is 30.3 Å². The van der Waals surface area contributed by atoms with Gasteiger partial charge in [-0.05, 0) is 36.6 Å². The van der Waals surface area contributed by atoms with E-state index in [0.29, 0.717) is 6.04 Å². The number of benzene rings is 1. The zero-order valence-corrected chi connectivity index (χ0v) is 12.8. The predicted molar refractivity (Wildman–Crippen MR) is 86.3 cm³/mol. The van der Waals surface area contributed by atoms with Crippen LogP contribution in [0.3, 0.4) is 0 Å². The van der Waals surface area contributed by atoms with Gasteiger partial charge in [0.05, 0.1) is 7.11 Å². The van der Waals surface area contributed by atoms with E-state index in [2.05, 4.69) is 5.32 Å². The molecule has 0 radical (unpaired) electrons. The first-order chi connectivity index (χ1) is 10.3. The van der Waals surface area contributed by atoms with Crippen LogP contribution in [0.1, 0.15) is 50.5 Å². The second-order valence-electron chi connectivity index (χ2n) is 5.66. The van der Waals surface area contributed by atoms with Crippen LogP contribution >= 0.6 is 0 Å². The molecule has 1 aliphatic carbocycles. The number of amides is 1. The standard InChI is InChI=1S/C18H25NO2/c1-21-17-12-9-15(10-13-17)11-14-18(20)19-16-7-5-3-2-4-6-8-16/h9-14,16H,2-8H2,1H3,(H,19,20). The lowest BCUT2D eigenvalue weighted by Crippen LogP contribution is -2.34. The van der Waals surface area contributed by atoms with Crippen molar-refractivity contribution in [2.75, 3.05) is 7.11 Å². The number of methoxy groups -OCH3 is 1. The highest BCUT2D eigenvalue weighted by atomic mass is 16.5. The zero-order chi connectivity index (χ0) is 14.9. The van der Waals surface area contributed by atoms with Gasteiger partial charge in [0.2, 0.25) is 5.91 Å². The highest BCUT2D eigenvalue weighted by Crippen LogP contribution is 2.17. The van der Waals surface area contributed by atoms with Gasteiger partial charge in [0.25, 0.3) is 0 Å². The maximum atomic E-state index is 12.0. The van der Waals surface area contributed by atoms with Gasteiger partial charge in [0.1, 0.15) is 5.75 Å². The minimum atomic E-state index is 0.0105. The Balaban J connectivity index is 1.83. The van der Waals surface area contributed by atoms with Gasteiger partial charge >= 0.3 is 0 Å². The van der Waals surface area contributed by atoms with Gasteiger partial charge in [0.15, 0.2) is 0 Å². The first kappa shape index (κ1) is 15.6. The van der Waals surface area contributed by atoms with Crippen LogP contribution in [-0.2, 0) is 4.79 Å². The fraction of sp³-hybridized carbons (Fsp3) is 0.500. The summed E-state index contributed by atoms with van der Waals surface area (Å²) in [4.78, 5) is 12.0. The topological polar surface area (TPSA) is 38.3 Å². The molecule has 0 atom stereocenters. The van der Waals surface area contributed by atoms with Crippen molar-refractivity contribution in [2.45, 2.75) is 51.0 Å². The molecule has 0 aromatic heterocycles. The summed E-state index contributed by atoms with van der Waals surface area (Å²) in [6.07, 6.45) is 12.1. The molecule has 1 aromatic rings. The van der Waals surface area contributed by atoms with E-state index in [-0.39, 0.29) is 5.91 Å². The average Bonchev–Trinajstić information content (AvgIpc) is 2.48. The summed E-state index contributed by atoms with van der Waals surface area (Å²) < 4.78 is 5.11. The van der Waals surface area contributed by atoms with Crippen molar-refractivity contribution in [3.63, 3.8) is 0 Å². The summed E-state index contributed by atoms with van der Waals surface area (Å²) in [6.45, 7) is 0. The number of hydrogen-bond donors (Lipinski definition) is 1. The fourth-order valence-corrected chi connectivity index (χ4v) is 2.74. The molecule has 0 spiro atoms. The van der Waals surface area contributed by atoms with Crippen LogP contribution in [0, 0.1) is 0 Å². The molecule has 2 rings (SSSR count). The molecule has 1 aromatic carbocycles. The third-order valence-electron chi connectivity index (χ3n) is 3.99. The van der Waals surface area contributed by atoms with Crippen LogP contribution in [0.5, 0.6) is 5.75 Å². The number of carbonyl (C=O) groups is 1. The number of ether oxygens (including phenoxy) is 1. The van der Waals surface area contributed by atoms with Gasteiger partial charge in [-0.1, -0.05) is 44.2 Å². The van der Waals surface area contributed by atoms with Gasteiger partial charge in [-0.25, -0.2) is 0 Å². The third-order valence-corrected chi connectivity index (χ3v) is 3.99. The van der Waals surface area contributed by atoms with E-state index in [0.717, 1.165) is 24.2 Å². The van der Waals surface area contributed by atoms with Crippen molar-refractivity contribution in [3.8, 4) is 5.75 Å². The summed E-state index contributed by atoms with van der Waals surface area (Å²) in [5.74, 6) is 0.836. The average molecular weight is 287 g/mol. The quantitative estimate of drug-likeness (QED) is 0.852. The van der Waals surface area contributed by atoms with Crippen LogP contribution in [0.2, 0.25) is 0 Å². The van der Waals surface area contributed by atoms with Gasteiger partial charge in [-0.2, -0.15) is 0 Å². The molecule has 3 nitrogen and oxygen atoms in total. The summed E-state index contributed by atoms with van der Waals surface area (Å²) >= 11 is 0. The molecule has 1 aliphatic rings. The highest BCUT2D eigenvalue weighted by Gasteiger charge is 2.12. The second kappa shape index (κ2) is 8.50. The molecule has 0 saturated heterocycles. The number of carbonyl (C=O) groups excluding carboxylic acids is 1. The Morgan fingerprint density at radius 1 is 1.10 bits per heavy atom. The van der Waals surface area contributed by atoms with Crippen molar-refractivity contribution in [3.05, 3.63) is 35.9 Å². The fourth-order valence-electron chi connectivity index (χ4n) is 2.74.